The molecule has 0 aromatic rings. The summed E-state index contributed by atoms with van der Waals surface area (Å²) in [6.45, 7) is 4.51. The Morgan fingerprint density at radius 1 is 0.382 bits per heavy atom. The first-order chi connectivity index (χ1) is 16.2. The van der Waals surface area contributed by atoms with Crippen LogP contribution in [0.15, 0.2) is 0 Å². The molecule has 4 heteroatoms. The molecule has 0 saturated heterocycles. The van der Waals surface area contributed by atoms with Gasteiger partial charge in [-0.1, -0.05) is 155 Å². The van der Waals surface area contributed by atoms with Crippen LogP contribution in [0, 0.1) is 0 Å². The second-order valence-corrected chi connectivity index (χ2v) is 10.1. The van der Waals surface area contributed by atoms with E-state index in [4.69, 9.17) is 4.74 Å². The molecule has 0 fully saturated rings. The van der Waals surface area contributed by atoms with Crippen molar-refractivity contribution in [3.63, 3.8) is 0 Å². The van der Waals surface area contributed by atoms with E-state index in [9.17, 15) is 9.59 Å². The Morgan fingerprint density at radius 2 is 0.588 bits per heavy atom. The summed E-state index contributed by atoms with van der Waals surface area (Å²) in [6.07, 6.45) is 31.4. The third-order valence-electron chi connectivity index (χ3n) is 6.70. The molecule has 0 aliphatic rings. The summed E-state index contributed by atoms with van der Waals surface area (Å²) in [6, 6.07) is 0. The predicted octanol–water partition coefficient (Wildman–Crippen LogP) is 9.59. The summed E-state index contributed by atoms with van der Waals surface area (Å²) >= 11 is 0. The van der Waals surface area contributed by atoms with E-state index in [0.29, 0.717) is 12.8 Å². The molecule has 0 aromatic carbocycles. The van der Waals surface area contributed by atoms with Gasteiger partial charge in [-0.05, 0) is 12.8 Å². The van der Waals surface area contributed by atoms with E-state index in [2.05, 4.69) is 13.8 Å². The first-order valence-corrected chi connectivity index (χ1v) is 14.9. The van der Waals surface area contributed by atoms with Gasteiger partial charge in [-0.3, -0.25) is 9.59 Å². The Balaban J connectivity index is 0. The predicted molar refractivity (Wildman–Crippen MR) is 150 cm³/mol. The molecule has 0 unspecified atom stereocenters. The molecule has 0 heterocycles. The molecule has 0 N–H and O–H groups in total. The number of ether oxygens (including phenoxy) is 1. The number of hydrogen-bond donors (Lipinski definition) is 0. The van der Waals surface area contributed by atoms with Crippen molar-refractivity contribution in [3.8, 4) is 0 Å². The molecule has 0 bridgehead atoms. The van der Waals surface area contributed by atoms with Crippen molar-refractivity contribution >= 4 is 63.3 Å². The Labute approximate surface area is 256 Å². The van der Waals surface area contributed by atoms with Crippen LogP contribution in [0.4, 0.5) is 0 Å². The van der Waals surface area contributed by atoms with Gasteiger partial charge < -0.3 is 4.74 Å². The van der Waals surface area contributed by atoms with Crippen LogP contribution in [0.2, 0.25) is 0 Å². The van der Waals surface area contributed by atoms with Crippen LogP contribution in [0.1, 0.15) is 181 Å². The first kappa shape index (κ1) is 36.9. The van der Waals surface area contributed by atoms with E-state index in [1.165, 1.54) is 128 Å². The van der Waals surface area contributed by atoms with Gasteiger partial charge in [-0.15, -0.1) is 0 Å². The molecule has 0 spiro atoms. The summed E-state index contributed by atoms with van der Waals surface area (Å²) in [7, 11) is 0. The molecule has 0 rings (SSSR count). The topological polar surface area (TPSA) is 43.4 Å². The fourth-order valence-corrected chi connectivity index (χ4v) is 4.45. The van der Waals surface area contributed by atoms with Crippen molar-refractivity contribution in [3.05, 3.63) is 0 Å². The fraction of sp³-hybridized carbons (Fsp3) is 0.933. The van der Waals surface area contributed by atoms with Crippen molar-refractivity contribution in [1.29, 1.82) is 0 Å². The number of hydrogen-bond acceptors (Lipinski definition) is 3. The third kappa shape index (κ3) is 30.8. The van der Waals surface area contributed by atoms with Gasteiger partial charge in [-0.2, -0.15) is 0 Å². The van der Waals surface area contributed by atoms with Gasteiger partial charge in [-0.25, -0.2) is 0 Å². The Morgan fingerprint density at radius 3 is 0.824 bits per heavy atom. The average molecular weight is 507 g/mol. The van der Waals surface area contributed by atoms with Gasteiger partial charge in [0.25, 0.3) is 0 Å². The molecule has 34 heavy (non-hydrogen) atoms. The number of unbranched alkanes of at least 4 members (excludes halogenated alkanes) is 22. The minimum atomic E-state index is -0.330. The molecule has 0 aromatic heterocycles. The van der Waals surface area contributed by atoms with Gasteiger partial charge in [0.15, 0.2) is 0 Å². The molecule has 0 aliphatic carbocycles. The Kier molecular flexibility index (Phi) is 34.5. The molecule has 0 saturated carbocycles. The molecule has 198 valence electrons. The number of esters is 2. The molecule has 3 nitrogen and oxygen atoms in total. The zero-order valence-corrected chi connectivity index (χ0v) is 22.6. The minimum absolute atomic E-state index is 0. The van der Waals surface area contributed by atoms with Crippen LogP contribution in [0.25, 0.3) is 0 Å². The van der Waals surface area contributed by atoms with Gasteiger partial charge in [0.05, 0.1) is 0 Å². The van der Waals surface area contributed by atoms with Crippen molar-refractivity contribution in [2.75, 3.05) is 0 Å². The molecule has 0 aliphatic heterocycles. The fourth-order valence-electron chi connectivity index (χ4n) is 4.45. The van der Waals surface area contributed by atoms with E-state index < -0.39 is 0 Å². The maximum absolute atomic E-state index is 11.8. The van der Waals surface area contributed by atoms with Crippen LogP contribution in [0.3, 0.4) is 0 Å². The van der Waals surface area contributed by atoms with Crippen LogP contribution in [-0.2, 0) is 14.3 Å². The summed E-state index contributed by atoms with van der Waals surface area (Å²) in [5.41, 5.74) is 0. The Bertz CT molecular complexity index is 425. The van der Waals surface area contributed by atoms with Crippen molar-refractivity contribution in [2.24, 2.45) is 0 Å². The first-order valence-electron chi connectivity index (χ1n) is 14.9. The molecular formula is C30H59KO3. The summed E-state index contributed by atoms with van der Waals surface area (Å²) < 4.78 is 4.96. The number of carbonyl (C=O) groups excluding carboxylic acids is 2. The average Bonchev–Trinajstić information content (AvgIpc) is 2.80. The van der Waals surface area contributed by atoms with Gasteiger partial charge in [0.2, 0.25) is 0 Å². The molecule has 0 amide bonds. The monoisotopic (exact) mass is 506 g/mol. The van der Waals surface area contributed by atoms with Crippen molar-refractivity contribution in [2.45, 2.75) is 181 Å². The number of carbonyl (C=O) groups is 2. The van der Waals surface area contributed by atoms with Crippen LogP contribution in [0.5, 0.6) is 0 Å². The van der Waals surface area contributed by atoms with Crippen LogP contribution < -0.4 is 0 Å². The molecule has 0 radical (unpaired) electrons. The molecule has 0 atom stereocenters. The second-order valence-electron chi connectivity index (χ2n) is 10.1. The van der Waals surface area contributed by atoms with E-state index >= 15 is 0 Å². The zero-order chi connectivity index (χ0) is 24.2. The van der Waals surface area contributed by atoms with E-state index in [-0.39, 0.29) is 63.3 Å². The maximum atomic E-state index is 11.8. The summed E-state index contributed by atoms with van der Waals surface area (Å²) in [5.74, 6) is -0.658. The van der Waals surface area contributed by atoms with E-state index in [1.54, 1.807) is 0 Å². The zero-order valence-electron chi connectivity index (χ0n) is 22.6. The van der Waals surface area contributed by atoms with Crippen molar-refractivity contribution in [1.82, 2.24) is 0 Å². The van der Waals surface area contributed by atoms with E-state index in [0.717, 1.165) is 25.7 Å². The Hall–Kier alpha value is 0.776. The normalized spacial score (nSPS) is 10.8. The summed E-state index contributed by atoms with van der Waals surface area (Å²) in [4.78, 5) is 23.6. The van der Waals surface area contributed by atoms with Crippen molar-refractivity contribution < 1.29 is 14.3 Å². The second kappa shape index (κ2) is 31.8. The van der Waals surface area contributed by atoms with E-state index in [1.807, 2.05) is 0 Å². The summed E-state index contributed by atoms with van der Waals surface area (Å²) in [5, 5.41) is 0. The van der Waals surface area contributed by atoms with Crippen LogP contribution in [-0.4, -0.2) is 63.3 Å². The van der Waals surface area contributed by atoms with Gasteiger partial charge in [0, 0.05) is 12.8 Å². The standard InChI is InChI=1S/C30H58O3.K.H/c1-3-5-7-9-11-13-14-15-16-17-18-20-22-24-26-28-30(32)33-29(31)27-25-23-21-19-12-10-8-6-4-2;;/h3-28H2,1-2H3;;. The molecular weight excluding hydrogens is 447 g/mol. The number of rotatable bonds is 26. The third-order valence-corrected chi connectivity index (χ3v) is 6.70. The quantitative estimate of drug-likeness (QED) is 0.0507. The van der Waals surface area contributed by atoms with Crippen LogP contribution >= 0.6 is 0 Å². The van der Waals surface area contributed by atoms with Gasteiger partial charge >= 0.3 is 63.3 Å². The van der Waals surface area contributed by atoms with Gasteiger partial charge in [0.1, 0.15) is 0 Å². The SMILES string of the molecule is CCCCCCCCCCCCCCCCCC(=O)OC(=O)CCCCCCCCCCC.[KH].